The molecule has 0 fully saturated rings. The number of hydrogen-bond donors (Lipinski definition) is 1. The fraction of sp³-hybridized carbons (Fsp3) is 0.500. The number of pyridine rings is 1. The van der Waals surface area contributed by atoms with Gasteiger partial charge in [0, 0.05) is 25.0 Å². The Morgan fingerprint density at radius 1 is 1.38 bits per heavy atom. The number of hydrogen-bond acceptors (Lipinski definition) is 4. The Morgan fingerprint density at radius 2 is 2.19 bits per heavy atom. The summed E-state index contributed by atoms with van der Waals surface area (Å²) in [7, 11) is 3.64. The van der Waals surface area contributed by atoms with Gasteiger partial charge in [-0.1, -0.05) is 13.8 Å². The molecule has 0 amide bonds. The second-order valence-electron chi connectivity index (χ2n) is 5.04. The van der Waals surface area contributed by atoms with Crippen LogP contribution >= 0.6 is 0 Å². The molecule has 0 radical (unpaired) electrons. The topological polar surface area (TPSA) is 52.0 Å². The normalized spacial score (nSPS) is 12.4. The van der Waals surface area contributed by atoms with Crippen LogP contribution in [-0.4, -0.2) is 28.4 Å². The van der Waals surface area contributed by atoms with Crippen molar-refractivity contribution in [2.24, 2.45) is 7.05 Å². The van der Waals surface area contributed by atoms with Gasteiger partial charge in [-0.3, -0.25) is 9.67 Å². The Hall–Kier alpha value is -1.88. The number of aromatic nitrogens is 3. The minimum absolute atomic E-state index is 0.00440. The van der Waals surface area contributed by atoms with Crippen molar-refractivity contribution in [1.82, 2.24) is 20.1 Å². The van der Waals surface area contributed by atoms with Gasteiger partial charge in [-0.2, -0.15) is 5.10 Å². The zero-order valence-electron chi connectivity index (χ0n) is 13.3. The van der Waals surface area contributed by atoms with Crippen LogP contribution in [0.15, 0.2) is 24.5 Å². The van der Waals surface area contributed by atoms with Crippen LogP contribution in [0.2, 0.25) is 0 Å². The van der Waals surface area contributed by atoms with Crippen LogP contribution in [0.5, 0.6) is 5.75 Å². The molecule has 0 aliphatic heterocycles. The first-order chi connectivity index (χ1) is 10.2. The number of rotatable bonds is 7. The van der Waals surface area contributed by atoms with E-state index < -0.39 is 0 Å². The second kappa shape index (κ2) is 7.22. The van der Waals surface area contributed by atoms with Crippen molar-refractivity contribution in [1.29, 1.82) is 0 Å². The molecule has 21 heavy (non-hydrogen) atoms. The van der Waals surface area contributed by atoms with Gasteiger partial charge in [0.05, 0.1) is 18.8 Å². The quantitative estimate of drug-likeness (QED) is 0.850. The third kappa shape index (κ3) is 3.42. The zero-order chi connectivity index (χ0) is 15.2. The van der Waals surface area contributed by atoms with E-state index in [0.717, 1.165) is 36.5 Å². The highest BCUT2D eigenvalue weighted by atomic mass is 16.5. The van der Waals surface area contributed by atoms with Gasteiger partial charge >= 0.3 is 0 Å². The third-order valence-corrected chi connectivity index (χ3v) is 3.48. The van der Waals surface area contributed by atoms with E-state index in [1.807, 2.05) is 23.9 Å². The summed E-state index contributed by atoms with van der Waals surface area (Å²) < 4.78 is 7.34. The Kier molecular flexibility index (Phi) is 5.33. The maximum absolute atomic E-state index is 5.48. The number of methoxy groups -OCH3 is 1. The standard InChI is InChI=1S/C16H24N4O/c1-5-9-17-15(12-11-20(3)19-13(12)6-2)16-14(21-4)8-7-10-18-16/h7-8,10-11,15,17H,5-6,9H2,1-4H3. The first-order valence-electron chi connectivity index (χ1n) is 7.45. The van der Waals surface area contributed by atoms with Gasteiger partial charge in [-0.25, -0.2) is 0 Å². The molecule has 0 aromatic carbocycles. The number of nitrogens with one attached hydrogen (secondary N) is 1. The molecule has 0 saturated heterocycles. The van der Waals surface area contributed by atoms with Crippen LogP contribution in [0.4, 0.5) is 0 Å². The van der Waals surface area contributed by atoms with Gasteiger partial charge in [0.1, 0.15) is 11.4 Å². The summed E-state index contributed by atoms with van der Waals surface area (Å²) in [5.41, 5.74) is 3.18. The van der Waals surface area contributed by atoms with Crippen LogP contribution in [0, 0.1) is 0 Å². The maximum atomic E-state index is 5.48. The molecule has 2 aromatic heterocycles. The minimum Gasteiger partial charge on any atom is -0.495 e. The molecule has 2 aromatic rings. The lowest BCUT2D eigenvalue weighted by atomic mass is 10.0. The van der Waals surface area contributed by atoms with Gasteiger partial charge in [0.15, 0.2) is 0 Å². The molecule has 2 rings (SSSR count). The molecular weight excluding hydrogens is 264 g/mol. The molecule has 0 aliphatic rings. The molecule has 0 saturated carbocycles. The van der Waals surface area contributed by atoms with Gasteiger partial charge in [-0.05, 0) is 31.5 Å². The average molecular weight is 288 g/mol. The van der Waals surface area contributed by atoms with Crippen LogP contribution in [0.25, 0.3) is 0 Å². The number of nitrogens with zero attached hydrogens (tertiary/aromatic N) is 3. The van der Waals surface area contributed by atoms with Crippen LogP contribution in [0.3, 0.4) is 0 Å². The lowest BCUT2D eigenvalue weighted by molar-refractivity contribution is 0.399. The largest absolute Gasteiger partial charge is 0.495 e. The van der Waals surface area contributed by atoms with E-state index in [4.69, 9.17) is 4.74 Å². The van der Waals surface area contributed by atoms with E-state index in [-0.39, 0.29) is 6.04 Å². The highest BCUT2D eigenvalue weighted by Crippen LogP contribution is 2.29. The molecule has 5 heteroatoms. The Labute approximate surface area is 126 Å². The average Bonchev–Trinajstić information content (AvgIpc) is 2.89. The fourth-order valence-corrected chi connectivity index (χ4v) is 2.50. The summed E-state index contributed by atoms with van der Waals surface area (Å²) in [6, 6.07) is 3.85. The van der Waals surface area contributed by atoms with Crippen LogP contribution < -0.4 is 10.1 Å². The van der Waals surface area contributed by atoms with E-state index in [2.05, 4.69) is 35.4 Å². The molecule has 0 spiro atoms. The van der Waals surface area contributed by atoms with Crippen molar-refractivity contribution < 1.29 is 4.74 Å². The summed E-state index contributed by atoms with van der Waals surface area (Å²) in [6.45, 7) is 5.20. The van der Waals surface area contributed by atoms with Crippen molar-refractivity contribution in [3.8, 4) is 5.75 Å². The smallest absolute Gasteiger partial charge is 0.142 e. The van der Waals surface area contributed by atoms with Gasteiger partial charge in [0.2, 0.25) is 0 Å². The molecule has 114 valence electrons. The van der Waals surface area contributed by atoms with E-state index >= 15 is 0 Å². The molecule has 1 atom stereocenters. The monoisotopic (exact) mass is 288 g/mol. The highest BCUT2D eigenvalue weighted by Gasteiger charge is 2.23. The van der Waals surface area contributed by atoms with Crippen molar-refractivity contribution in [2.75, 3.05) is 13.7 Å². The summed E-state index contributed by atoms with van der Waals surface area (Å²) >= 11 is 0. The Bertz CT molecular complexity index is 579. The lowest BCUT2D eigenvalue weighted by Gasteiger charge is -2.20. The summed E-state index contributed by atoms with van der Waals surface area (Å²) in [5.74, 6) is 0.803. The predicted octanol–water partition coefficient (Wildman–Crippen LogP) is 2.48. The van der Waals surface area contributed by atoms with Gasteiger partial charge in [-0.15, -0.1) is 0 Å². The van der Waals surface area contributed by atoms with Crippen molar-refractivity contribution in [2.45, 2.75) is 32.7 Å². The van der Waals surface area contributed by atoms with Crippen molar-refractivity contribution in [3.05, 3.63) is 41.5 Å². The second-order valence-corrected chi connectivity index (χ2v) is 5.04. The lowest BCUT2D eigenvalue weighted by Crippen LogP contribution is -2.25. The Morgan fingerprint density at radius 3 is 2.86 bits per heavy atom. The van der Waals surface area contributed by atoms with Crippen LogP contribution in [-0.2, 0) is 13.5 Å². The molecule has 1 unspecified atom stereocenters. The summed E-state index contributed by atoms with van der Waals surface area (Å²) in [4.78, 5) is 4.54. The van der Waals surface area contributed by atoms with E-state index in [1.54, 1.807) is 13.3 Å². The molecule has 0 bridgehead atoms. The number of ether oxygens (including phenoxy) is 1. The number of aryl methyl sites for hydroxylation is 2. The van der Waals surface area contributed by atoms with E-state index in [9.17, 15) is 0 Å². The predicted molar refractivity (Wildman–Crippen MR) is 83.5 cm³/mol. The molecular formula is C16H24N4O. The third-order valence-electron chi connectivity index (χ3n) is 3.48. The fourth-order valence-electron chi connectivity index (χ4n) is 2.50. The zero-order valence-corrected chi connectivity index (χ0v) is 13.3. The van der Waals surface area contributed by atoms with Gasteiger partial charge in [0.25, 0.3) is 0 Å². The van der Waals surface area contributed by atoms with Crippen LogP contribution in [0.1, 0.15) is 43.3 Å². The van der Waals surface area contributed by atoms with E-state index in [0.29, 0.717) is 0 Å². The molecule has 0 aliphatic carbocycles. The minimum atomic E-state index is 0.00440. The SMILES string of the molecule is CCCNC(c1cn(C)nc1CC)c1ncccc1OC. The molecule has 1 N–H and O–H groups in total. The summed E-state index contributed by atoms with van der Waals surface area (Å²) in [6.07, 6.45) is 5.84. The molecule has 5 nitrogen and oxygen atoms in total. The maximum Gasteiger partial charge on any atom is 0.142 e. The highest BCUT2D eigenvalue weighted by molar-refractivity contribution is 5.37. The first kappa shape index (κ1) is 15.5. The molecule has 2 heterocycles. The van der Waals surface area contributed by atoms with E-state index in [1.165, 1.54) is 5.56 Å². The van der Waals surface area contributed by atoms with Crippen molar-refractivity contribution >= 4 is 0 Å². The van der Waals surface area contributed by atoms with Gasteiger partial charge < -0.3 is 10.1 Å². The Balaban J connectivity index is 2.47. The first-order valence-corrected chi connectivity index (χ1v) is 7.45. The summed E-state index contributed by atoms with van der Waals surface area (Å²) in [5, 5.41) is 8.12. The van der Waals surface area contributed by atoms with Crippen molar-refractivity contribution in [3.63, 3.8) is 0 Å².